The van der Waals surface area contributed by atoms with Crippen molar-refractivity contribution in [3.8, 4) is 5.75 Å². The second-order valence-electron chi connectivity index (χ2n) is 6.80. The zero-order valence-corrected chi connectivity index (χ0v) is 15.0. The van der Waals surface area contributed by atoms with Gasteiger partial charge in [0, 0.05) is 24.0 Å². The number of fused-ring (bicyclic) bond motifs is 1. The molecule has 0 aliphatic rings. The second-order valence-corrected chi connectivity index (χ2v) is 6.80. The number of pyridine rings is 1. The summed E-state index contributed by atoms with van der Waals surface area (Å²) in [6, 6.07) is 14.8. The molecule has 1 aromatic heterocycles. The molecule has 2 atom stereocenters. The van der Waals surface area contributed by atoms with Crippen molar-refractivity contribution >= 4 is 10.9 Å². The number of phenolic OH excluding ortho intramolecular Hbond substituents is 1. The van der Waals surface area contributed by atoms with Crippen LogP contribution in [0.2, 0.25) is 0 Å². The van der Waals surface area contributed by atoms with E-state index in [1.54, 1.807) is 12.1 Å². The quantitative estimate of drug-likeness (QED) is 0.550. The van der Waals surface area contributed by atoms with Crippen LogP contribution in [0.3, 0.4) is 0 Å². The lowest BCUT2D eigenvalue weighted by atomic mass is 10.0. The first-order chi connectivity index (χ1) is 12.4. The predicted molar refractivity (Wildman–Crippen MR) is 104 cm³/mol. The minimum absolute atomic E-state index is 0.00523. The number of aliphatic hydroxyl groups is 1. The van der Waals surface area contributed by atoms with Crippen molar-refractivity contribution in [3.63, 3.8) is 0 Å². The number of aryl methyl sites for hydroxylation is 1. The fourth-order valence-corrected chi connectivity index (χ4v) is 3.12. The molecule has 1 heterocycles. The first kappa shape index (κ1) is 18.2. The van der Waals surface area contributed by atoms with Crippen LogP contribution in [0, 0.1) is 6.92 Å². The molecule has 0 saturated carbocycles. The Bertz CT molecular complexity index is 948. The van der Waals surface area contributed by atoms with E-state index in [1.165, 1.54) is 23.3 Å². The third-order valence-corrected chi connectivity index (χ3v) is 4.59. The molecule has 4 N–H and O–H groups in total. The number of hydrogen-bond donors (Lipinski definition) is 4. The minimum atomic E-state index is -0.746. The number of phenols is 1. The number of aromatic nitrogens is 1. The average Bonchev–Trinajstić information content (AvgIpc) is 2.62. The summed E-state index contributed by atoms with van der Waals surface area (Å²) >= 11 is 0. The molecular formula is C21H24N2O3. The third-order valence-electron chi connectivity index (χ3n) is 4.59. The van der Waals surface area contributed by atoms with Gasteiger partial charge < -0.3 is 20.5 Å². The molecule has 5 nitrogen and oxygen atoms in total. The van der Waals surface area contributed by atoms with Crippen molar-refractivity contribution in [2.24, 2.45) is 0 Å². The van der Waals surface area contributed by atoms with Gasteiger partial charge in [-0.2, -0.15) is 0 Å². The first-order valence-corrected chi connectivity index (χ1v) is 8.76. The van der Waals surface area contributed by atoms with Crippen LogP contribution in [0.15, 0.2) is 53.3 Å². The maximum absolute atomic E-state index is 11.5. The zero-order valence-electron chi connectivity index (χ0n) is 15.0. The van der Waals surface area contributed by atoms with E-state index in [-0.39, 0.29) is 17.4 Å². The monoisotopic (exact) mass is 352 g/mol. The van der Waals surface area contributed by atoms with Gasteiger partial charge in [0.05, 0.1) is 11.6 Å². The van der Waals surface area contributed by atoms with Crippen LogP contribution in [0.5, 0.6) is 5.75 Å². The van der Waals surface area contributed by atoms with Crippen molar-refractivity contribution in [2.75, 3.05) is 6.54 Å². The van der Waals surface area contributed by atoms with Crippen LogP contribution >= 0.6 is 0 Å². The topological polar surface area (TPSA) is 85.3 Å². The molecule has 2 unspecified atom stereocenters. The molecule has 26 heavy (non-hydrogen) atoms. The van der Waals surface area contributed by atoms with Crippen LogP contribution in [0.4, 0.5) is 0 Å². The summed E-state index contributed by atoms with van der Waals surface area (Å²) in [7, 11) is 0. The van der Waals surface area contributed by atoms with Crippen LogP contribution in [-0.4, -0.2) is 27.8 Å². The number of aromatic hydroxyl groups is 1. The maximum Gasteiger partial charge on any atom is 0.248 e. The smallest absolute Gasteiger partial charge is 0.248 e. The predicted octanol–water partition coefficient (Wildman–Crippen LogP) is 2.80. The van der Waals surface area contributed by atoms with E-state index < -0.39 is 6.10 Å². The summed E-state index contributed by atoms with van der Waals surface area (Å²) in [4.78, 5) is 14.1. The van der Waals surface area contributed by atoms with Crippen LogP contribution in [0.1, 0.15) is 29.7 Å². The van der Waals surface area contributed by atoms with Gasteiger partial charge in [-0.05, 0) is 43.5 Å². The summed E-state index contributed by atoms with van der Waals surface area (Å²) in [6.45, 7) is 4.53. The van der Waals surface area contributed by atoms with E-state index in [0.29, 0.717) is 23.0 Å². The lowest BCUT2D eigenvalue weighted by molar-refractivity contribution is 0.172. The molecule has 5 heteroatoms. The molecule has 0 saturated heterocycles. The van der Waals surface area contributed by atoms with Gasteiger partial charge in [-0.15, -0.1) is 0 Å². The summed E-state index contributed by atoms with van der Waals surface area (Å²) in [5.74, 6) is -0.00523. The van der Waals surface area contributed by atoms with Crippen LogP contribution in [0.25, 0.3) is 10.9 Å². The molecule has 0 aliphatic heterocycles. The summed E-state index contributed by atoms with van der Waals surface area (Å²) < 4.78 is 0. The number of benzene rings is 2. The number of hydrogen-bond acceptors (Lipinski definition) is 4. The third kappa shape index (κ3) is 4.12. The lowest BCUT2D eigenvalue weighted by Crippen LogP contribution is -2.32. The van der Waals surface area contributed by atoms with Crippen LogP contribution < -0.4 is 10.9 Å². The summed E-state index contributed by atoms with van der Waals surface area (Å²) in [5, 5.41) is 24.5. The van der Waals surface area contributed by atoms with Crippen molar-refractivity contribution in [3.05, 3.63) is 75.6 Å². The highest BCUT2D eigenvalue weighted by atomic mass is 16.3. The van der Waals surface area contributed by atoms with E-state index in [1.807, 2.05) is 0 Å². The Kier molecular flexibility index (Phi) is 5.40. The molecule has 3 aromatic rings. The van der Waals surface area contributed by atoms with E-state index in [9.17, 15) is 15.0 Å². The highest BCUT2D eigenvalue weighted by Gasteiger charge is 2.15. The standard InChI is InChI=1S/C21H24N2O3/c1-13-3-5-15(6-4-13)11-14(2)22-12-19(25)16-7-9-18(24)21-17(16)8-10-20(26)23-21/h3-10,14,19,22,24-25H,11-12H2,1-2H3,(H,23,26). The molecule has 136 valence electrons. The molecule has 0 radical (unpaired) electrons. The van der Waals surface area contributed by atoms with Gasteiger partial charge in [0.1, 0.15) is 5.75 Å². The van der Waals surface area contributed by atoms with Gasteiger partial charge in [0.25, 0.3) is 0 Å². The van der Waals surface area contributed by atoms with Crippen molar-refractivity contribution in [1.29, 1.82) is 0 Å². The number of nitrogens with one attached hydrogen (secondary N) is 2. The summed E-state index contributed by atoms with van der Waals surface area (Å²) in [6.07, 6.45) is 0.126. The van der Waals surface area contributed by atoms with Gasteiger partial charge in [-0.1, -0.05) is 35.9 Å². The Hall–Kier alpha value is -2.63. The molecule has 3 rings (SSSR count). The van der Waals surface area contributed by atoms with E-state index >= 15 is 0 Å². The Morgan fingerprint density at radius 2 is 1.81 bits per heavy atom. The largest absolute Gasteiger partial charge is 0.506 e. The SMILES string of the molecule is Cc1ccc(CC(C)NCC(O)c2ccc(O)c3[nH]c(=O)ccc23)cc1. The maximum atomic E-state index is 11.5. The first-order valence-electron chi connectivity index (χ1n) is 8.76. The van der Waals surface area contributed by atoms with Gasteiger partial charge in [0.2, 0.25) is 5.56 Å². The average molecular weight is 352 g/mol. The summed E-state index contributed by atoms with van der Waals surface area (Å²) in [5.41, 5.74) is 3.22. The Morgan fingerprint density at radius 1 is 1.08 bits per heavy atom. The van der Waals surface area contributed by atoms with E-state index in [4.69, 9.17) is 0 Å². The highest BCUT2D eigenvalue weighted by Crippen LogP contribution is 2.28. The van der Waals surface area contributed by atoms with Gasteiger partial charge in [0.15, 0.2) is 0 Å². The molecular weight excluding hydrogens is 328 g/mol. The highest BCUT2D eigenvalue weighted by molar-refractivity contribution is 5.87. The number of aliphatic hydroxyl groups excluding tert-OH is 1. The van der Waals surface area contributed by atoms with Gasteiger partial charge >= 0.3 is 0 Å². The molecule has 0 fully saturated rings. The van der Waals surface area contributed by atoms with Gasteiger partial charge in [-0.3, -0.25) is 4.79 Å². The molecule has 0 amide bonds. The molecule has 0 spiro atoms. The zero-order chi connectivity index (χ0) is 18.7. The van der Waals surface area contributed by atoms with Crippen LogP contribution in [-0.2, 0) is 6.42 Å². The number of rotatable bonds is 6. The lowest BCUT2D eigenvalue weighted by Gasteiger charge is -2.19. The fourth-order valence-electron chi connectivity index (χ4n) is 3.12. The van der Waals surface area contributed by atoms with E-state index in [0.717, 1.165) is 6.42 Å². The van der Waals surface area contributed by atoms with Crippen molar-refractivity contribution < 1.29 is 10.2 Å². The van der Waals surface area contributed by atoms with Crippen molar-refractivity contribution in [2.45, 2.75) is 32.4 Å². The minimum Gasteiger partial charge on any atom is -0.506 e. The van der Waals surface area contributed by atoms with Crippen molar-refractivity contribution in [1.82, 2.24) is 10.3 Å². The number of H-pyrrole nitrogens is 1. The Morgan fingerprint density at radius 3 is 2.54 bits per heavy atom. The number of aromatic amines is 1. The van der Waals surface area contributed by atoms with Gasteiger partial charge in [-0.25, -0.2) is 0 Å². The van der Waals surface area contributed by atoms with E-state index in [2.05, 4.69) is 48.4 Å². The molecule has 0 bridgehead atoms. The second kappa shape index (κ2) is 7.72. The normalized spacial score (nSPS) is 13.7. The Labute approximate surface area is 152 Å². The molecule has 2 aromatic carbocycles. The fraction of sp³-hybridized carbons (Fsp3) is 0.286. The Balaban J connectivity index is 1.69. The molecule has 0 aliphatic carbocycles.